The van der Waals surface area contributed by atoms with Gasteiger partial charge in [0.2, 0.25) is 0 Å². The molecular weight excluding hydrogens is 175 g/mol. The Morgan fingerprint density at radius 3 is 2.85 bits per heavy atom. The highest BCUT2D eigenvalue weighted by atomic mass is 19.1. The quantitative estimate of drug-likeness (QED) is 0.492. The van der Waals surface area contributed by atoms with Gasteiger partial charge in [0.05, 0.1) is 0 Å². The highest BCUT2D eigenvalue weighted by Gasteiger charge is 2.28. The number of carbonyl (C=O) groups is 1. The molecule has 4 heteroatoms. The standard InChI is InChI=1S/C9H11FO3/c1-6(11)13-7-3-4-9(2,12)8(10)5-7/h3-5,7,12H,1-2H3/t7-,9-/m0/s1. The topological polar surface area (TPSA) is 46.5 Å². The molecule has 1 N–H and O–H groups in total. The van der Waals surface area contributed by atoms with Crippen LogP contribution in [0.1, 0.15) is 13.8 Å². The molecular formula is C9H11FO3. The van der Waals surface area contributed by atoms with Crippen LogP contribution < -0.4 is 0 Å². The van der Waals surface area contributed by atoms with Crippen LogP contribution in [0.3, 0.4) is 0 Å². The molecule has 0 unspecified atom stereocenters. The Morgan fingerprint density at radius 2 is 2.38 bits per heavy atom. The molecule has 3 nitrogen and oxygen atoms in total. The van der Waals surface area contributed by atoms with Crippen LogP contribution in [0.4, 0.5) is 4.39 Å². The molecule has 0 spiro atoms. The minimum absolute atomic E-state index is 0.486. The van der Waals surface area contributed by atoms with Gasteiger partial charge in [0.1, 0.15) is 17.5 Å². The number of esters is 1. The fourth-order valence-corrected chi connectivity index (χ4v) is 0.995. The SMILES string of the molecule is CC(=O)O[C@H]1C=C[C@](C)(O)C(F)=C1. The Labute approximate surface area is 75.5 Å². The Morgan fingerprint density at radius 1 is 1.77 bits per heavy atom. The number of hydrogen-bond donors (Lipinski definition) is 1. The monoisotopic (exact) mass is 186 g/mol. The van der Waals surface area contributed by atoms with E-state index < -0.39 is 23.5 Å². The smallest absolute Gasteiger partial charge is 0.303 e. The van der Waals surface area contributed by atoms with Gasteiger partial charge in [0.15, 0.2) is 0 Å². The van der Waals surface area contributed by atoms with E-state index in [9.17, 15) is 14.3 Å². The third-order valence-electron chi connectivity index (χ3n) is 1.71. The Bertz CT molecular complexity index is 279. The van der Waals surface area contributed by atoms with Crippen molar-refractivity contribution in [2.45, 2.75) is 25.6 Å². The first kappa shape index (κ1) is 9.92. The zero-order valence-corrected chi connectivity index (χ0v) is 7.45. The van der Waals surface area contributed by atoms with Gasteiger partial charge in [-0.1, -0.05) is 0 Å². The van der Waals surface area contributed by atoms with Crippen LogP contribution in [0, 0.1) is 0 Å². The van der Waals surface area contributed by atoms with Gasteiger partial charge >= 0.3 is 5.97 Å². The summed E-state index contributed by atoms with van der Waals surface area (Å²) in [5, 5.41) is 9.32. The maximum Gasteiger partial charge on any atom is 0.303 e. The molecule has 0 aliphatic heterocycles. The molecule has 0 radical (unpaired) electrons. The summed E-state index contributed by atoms with van der Waals surface area (Å²) in [5.41, 5.74) is -1.57. The lowest BCUT2D eigenvalue weighted by Crippen LogP contribution is -2.28. The molecule has 0 heterocycles. The molecule has 0 aromatic rings. The Hall–Kier alpha value is -1.16. The van der Waals surface area contributed by atoms with Crippen molar-refractivity contribution < 1.29 is 19.0 Å². The van der Waals surface area contributed by atoms with Gasteiger partial charge in [-0.3, -0.25) is 4.79 Å². The van der Waals surface area contributed by atoms with Crippen LogP contribution in [-0.2, 0) is 9.53 Å². The summed E-state index contributed by atoms with van der Waals surface area (Å²) in [5.74, 6) is -1.19. The number of halogens is 1. The highest BCUT2D eigenvalue weighted by molar-refractivity contribution is 5.66. The maximum absolute atomic E-state index is 13.0. The minimum Gasteiger partial charge on any atom is -0.454 e. The van der Waals surface area contributed by atoms with E-state index in [1.165, 1.54) is 26.0 Å². The summed E-state index contributed by atoms with van der Waals surface area (Å²) in [7, 11) is 0. The highest BCUT2D eigenvalue weighted by Crippen LogP contribution is 2.25. The van der Waals surface area contributed by atoms with Crippen molar-refractivity contribution in [1.29, 1.82) is 0 Å². The van der Waals surface area contributed by atoms with Crippen LogP contribution in [0.25, 0.3) is 0 Å². The van der Waals surface area contributed by atoms with Crippen molar-refractivity contribution in [3.8, 4) is 0 Å². The zero-order chi connectivity index (χ0) is 10.1. The van der Waals surface area contributed by atoms with E-state index in [2.05, 4.69) is 0 Å². The minimum atomic E-state index is -1.57. The fraction of sp³-hybridized carbons (Fsp3) is 0.444. The molecule has 0 saturated carbocycles. The molecule has 72 valence electrons. The second-order valence-electron chi connectivity index (χ2n) is 3.10. The first-order valence-corrected chi connectivity index (χ1v) is 3.88. The molecule has 2 atom stereocenters. The Kier molecular flexibility index (Phi) is 2.52. The van der Waals surface area contributed by atoms with Gasteiger partial charge < -0.3 is 9.84 Å². The first-order valence-electron chi connectivity index (χ1n) is 3.88. The molecule has 0 saturated heterocycles. The van der Waals surface area contributed by atoms with Gasteiger partial charge in [0.25, 0.3) is 0 Å². The van der Waals surface area contributed by atoms with E-state index in [4.69, 9.17) is 4.74 Å². The van der Waals surface area contributed by atoms with Gasteiger partial charge in [-0.25, -0.2) is 4.39 Å². The summed E-state index contributed by atoms with van der Waals surface area (Å²) in [6, 6.07) is 0. The summed E-state index contributed by atoms with van der Waals surface area (Å²) >= 11 is 0. The van der Waals surface area contributed by atoms with Crippen LogP contribution in [-0.4, -0.2) is 22.8 Å². The predicted molar refractivity (Wildman–Crippen MR) is 44.5 cm³/mol. The molecule has 0 fully saturated rings. The number of rotatable bonds is 1. The van der Waals surface area contributed by atoms with Crippen LogP contribution >= 0.6 is 0 Å². The van der Waals surface area contributed by atoms with Gasteiger partial charge in [-0.05, 0) is 25.2 Å². The fourth-order valence-electron chi connectivity index (χ4n) is 0.995. The van der Waals surface area contributed by atoms with Crippen molar-refractivity contribution in [2.24, 2.45) is 0 Å². The van der Waals surface area contributed by atoms with Crippen molar-refractivity contribution in [1.82, 2.24) is 0 Å². The second-order valence-corrected chi connectivity index (χ2v) is 3.10. The molecule has 1 rings (SSSR count). The van der Waals surface area contributed by atoms with Crippen LogP contribution in [0.15, 0.2) is 24.1 Å². The van der Waals surface area contributed by atoms with Crippen LogP contribution in [0.5, 0.6) is 0 Å². The lowest BCUT2D eigenvalue weighted by molar-refractivity contribution is -0.142. The molecule has 0 aromatic heterocycles. The van der Waals surface area contributed by atoms with Gasteiger partial charge in [-0.2, -0.15) is 0 Å². The zero-order valence-electron chi connectivity index (χ0n) is 7.45. The normalized spacial score (nSPS) is 32.6. The number of hydrogen-bond acceptors (Lipinski definition) is 3. The summed E-state index contributed by atoms with van der Waals surface area (Å²) in [6.07, 6.45) is 3.06. The lowest BCUT2D eigenvalue weighted by atomic mass is 9.98. The molecule has 0 bridgehead atoms. The van der Waals surface area contributed by atoms with Crippen LogP contribution in [0.2, 0.25) is 0 Å². The van der Waals surface area contributed by atoms with Crippen molar-refractivity contribution in [2.75, 3.05) is 0 Å². The van der Waals surface area contributed by atoms with E-state index in [0.29, 0.717) is 0 Å². The Balaban J connectivity index is 2.72. The van der Waals surface area contributed by atoms with Gasteiger partial charge in [0, 0.05) is 6.92 Å². The van der Waals surface area contributed by atoms with E-state index in [0.717, 1.165) is 6.08 Å². The van der Waals surface area contributed by atoms with E-state index in [-0.39, 0.29) is 0 Å². The molecule has 1 aliphatic carbocycles. The summed E-state index contributed by atoms with van der Waals surface area (Å²) < 4.78 is 17.7. The second kappa shape index (κ2) is 3.30. The third-order valence-corrected chi connectivity index (χ3v) is 1.71. The third kappa shape index (κ3) is 2.39. The number of aliphatic hydroxyl groups is 1. The molecule has 0 amide bonds. The van der Waals surface area contributed by atoms with Crippen molar-refractivity contribution >= 4 is 5.97 Å². The van der Waals surface area contributed by atoms with Crippen molar-refractivity contribution in [3.05, 3.63) is 24.1 Å². The average molecular weight is 186 g/mol. The molecule has 1 aliphatic rings. The first-order chi connectivity index (χ1) is 5.92. The predicted octanol–water partition coefficient (Wildman–Crippen LogP) is 1.09. The average Bonchev–Trinajstić information content (AvgIpc) is 1.97. The number of ether oxygens (including phenoxy) is 1. The largest absolute Gasteiger partial charge is 0.454 e. The van der Waals surface area contributed by atoms with Crippen molar-refractivity contribution in [3.63, 3.8) is 0 Å². The maximum atomic E-state index is 13.0. The van der Waals surface area contributed by atoms with E-state index in [1.54, 1.807) is 0 Å². The molecule has 0 aromatic carbocycles. The summed E-state index contributed by atoms with van der Waals surface area (Å²) in [4.78, 5) is 10.5. The lowest BCUT2D eigenvalue weighted by Gasteiger charge is -2.23. The van der Waals surface area contributed by atoms with E-state index in [1.807, 2.05) is 0 Å². The number of carbonyl (C=O) groups excluding carboxylic acids is 1. The summed E-state index contributed by atoms with van der Waals surface area (Å²) in [6.45, 7) is 2.56. The molecule has 13 heavy (non-hydrogen) atoms. The van der Waals surface area contributed by atoms with Gasteiger partial charge in [-0.15, -0.1) is 0 Å². The van der Waals surface area contributed by atoms with E-state index >= 15 is 0 Å².